The van der Waals surface area contributed by atoms with Gasteiger partial charge in [0.1, 0.15) is 12.4 Å². The molecule has 20 heavy (non-hydrogen) atoms. The maximum Gasteiger partial charge on any atom is 0.305 e. The van der Waals surface area contributed by atoms with Gasteiger partial charge in [0.2, 0.25) is 0 Å². The molecule has 0 bridgehead atoms. The second-order valence-electron chi connectivity index (χ2n) is 4.53. The van der Waals surface area contributed by atoms with Crippen LogP contribution in [0.2, 0.25) is 0 Å². The van der Waals surface area contributed by atoms with E-state index in [1.54, 1.807) is 7.11 Å². The summed E-state index contributed by atoms with van der Waals surface area (Å²) in [6, 6.07) is 0. The molecule has 0 rings (SSSR count). The lowest BCUT2D eigenvalue weighted by molar-refractivity contribution is -0.146. The van der Waals surface area contributed by atoms with Gasteiger partial charge in [-0.05, 0) is 20.3 Å². The van der Waals surface area contributed by atoms with Gasteiger partial charge in [0.25, 0.3) is 0 Å². The molecule has 6 nitrogen and oxygen atoms in total. The quantitative estimate of drug-likeness (QED) is 0.377. The summed E-state index contributed by atoms with van der Waals surface area (Å²) in [4.78, 5) is 22.0. The zero-order valence-electron chi connectivity index (χ0n) is 12.7. The van der Waals surface area contributed by atoms with Crippen LogP contribution in [0.15, 0.2) is 0 Å². The second-order valence-corrected chi connectivity index (χ2v) is 4.53. The molecule has 6 heteroatoms. The summed E-state index contributed by atoms with van der Waals surface area (Å²) in [5.41, 5.74) is 0. The van der Waals surface area contributed by atoms with Crippen molar-refractivity contribution in [1.29, 1.82) is 0 Å². The van der Waals surface area contributed by atoms with Crippen molar-refractivity contribution < 1.29 is 28.5 Å². The Morgan fingerprint density at radius 3 is 2.45 bits per heavy atom. The Bertz CT molecular complexity index is 266. The van der Waals surface area contributed by atoms with Crippen LogP contribution in [-0.4, -0.2) is 58.0 Å². The van der Waals surface area contributed by atoms with Crippen LogP contribution in [0.3, 0.4) is 0 Å². The van der Waals surface area contributed by atoms with E-state index < -0.39 is 0 Å². The van der Waals surface area contributed by atoms with Crippen LogP contribution < -0.4 is 0 Å². The first kappa shape index (κ1) is 19.0. The first-order valence-corrected chi connectivity index (χ1v) is 6.89. The van der Waals surface area contributed by atoms with Gasteiger partial charge in [-0.2, -0.15) is 0 Å². The Morgan fingerprint density at radius 2 is 1.80 bits per heavy atom. The summed E-state index contributed by atoms with van der Waals surface area (Å²) in [6.45, 7) is 5.54. The van der Waals surface area contributed by atoms with E-state index in [-0.39, 0.29) is 30.9 Å². The van der Waals surface area contributed by atoms with Crippen LogP contribution in [-0.2, 0) is 28.5 Å². The molecule has 0 radical (unpaired) electrons. The molecule has 0 aliphatic heterocycles. The highest BCUT2D eigenvalue weighted by atomic mass is 16.6. The molecule has 1 atom stereocenters. The minimum absolute atomic E-state index is 0.0525. The zero-order valence-corrected chi connectivity index (χ0v) is 12.7. The largest absolute Gasteiger partial charge is 0.463 e. The first-order chi connectivity index (χ1) is 9.56. The van der Waals surface area contributed by atoms with Crippen molar-refractivity contribution in [2.24, 2.45) is 0 Å². The van der Waals surface area contributed by atoms with Gasteiger partial charge >= 0.3 is 5.97 Å². The van der Waals surface area contributed by atoms with E-state index in [9.17, 15) is 9.59 Å². The van der Waals surface area contributed by atoms with Crippen LogP contribution in [0.4, 0.5) is 0 Å². The van der Waals surface area contributed by atoms with E-state index in [1.807, 2.05) is 6.92 Å². The topological polar surface area (TPSA) is 71.1 Å². The summed E-state index contributed by atoms with van der Waals surface area (Å²) < 4.78 is 20.6. The minimum atomic E-state index is -0.293. The second kappa shape index (κ2) is 13.0. The summed E-state index contributed by atoms with van der Waals surface area (Å²) in [7, 11) is 1.62. The average Bonchev–Trinajstić information content (AvgIpc) is 2.39. The van der Waals surface area contributed by atoms with Crippen molar-refractivity contribution in [2.75, 3.05) is 40.1 Å². The Balaban J connectivity index is 3.36. The van der Waals surface area contributed by atoms with Crippen LogP contribution in [0.5, 0.6) is 0 Å². The molecule has 118 valence electrons. The number of ether oxygens (including phenoxy) is 4. The van der Waals surface area contributed by atoms with Gasteiger partial charge in [0, 0.05) is 20.0 Å². The fourth-order valence-electron chi connectivity index (χ4n) is 1.40. The summed E-state index contributed by atoms with van der Waals surface area (Å²) in [5, 5.41) is 0. The Labute approximate surface area is 120 Å². The SMILES string of the molecule is COCCOCC(C)OCCOC(=O)CCCC(C)=O. The monoisotopic (exact) mass is 290 g/mol. The van der Waals surface area contributed by atoms with Crippen molar-refractivity contribution >= 4 is 11.8 Å². The molecule has 0 spiro atoms. The number of ketones is 1. The number of carbonyl (C=O) groups is 2. The third kappa shape index (κ3) is 13.5. The molecule has 1 unspecified atom stereocenters. The van der Waals surface area contributed by atoms with Gasteiger partial charge in [-0.1, -0.05) is 0 Å². The molecule has 0 aliphatic rings. The fraction of sp³-hybridized carbons (Fsp3) is 0.857. The smallest absolute Gasteiger partial charge is 0.305 e. The molecule has 0 saturated heterocycles. The van der Waals surface area contributed by atoms with E-state index in [1.165, 1.54) is 6.92 Å². The number of Topliss-reactive ketones (excluding diaryl/α,β-unsaturated/α-hetero) is 1. The first-order valence-electron chi connectivity index (χ1n) is 6.89. The van der Waals surface area contributed by atoms with E-state index >= 15 is 0 Å². The van der Waals surface area contributed by atoms with Crippen molar-refractivity contribution in [3.05, 3.63) is 0 Å². The van der Waals surface area contributed by atoms with E-state index in [2.05, 4.69) is 0 Å². The average molecular weight is 290 g/mol. The normalized spacial score (nSPS) is 12.2. The summed E-state index contributed by atoms with van der Waals surface area (Å²) in [5.74, 6) is -0.206. The third-order valence-electron chi connectivity index (χ3n) is 2.44. The van der Waals surface area contributed by atoms with Gasteiger partial charge in [0.15, 0.2) is 0 Å². The molecule has 0 fully saturated rings. The van der Waals surface area contributed by atoms with Crippen LogP contribution in [0.25, 0.3) is 0 Å². The number of esters is 1. The highest BCUT2D eigenvalue weighted by molar-refractivity contribution is 5.76. The lowest BCUT2D eigenvalue weighted by Crippen LogP contribution is -2.20. The van der Waals surface area contributed by atoms with E-state index in [4.69, 9.17) is 18.9 Å². The molecular weight excluding hydrogens is 264 g/mol. The highest BCUT2D eigenvalue weighted by Crippen LogP contribution is 1.99. The van der Waals surface area contributed by atoms with Crippen LogP contribution in [0, 0.1) is 0 Å². The van der Waals surface area contributed by atoms with E-state index in [0.29, 0.717) is 39.3 Å². The molecule has 0 aromatic carbocycles. The van der Waals surface area contributed by atoms with Crippen molar-refractivity contribution in [1.82, 2.24) is 0 Å². The van der Waals surface area contributed by atoms with Gasteiger partial charge in [-0.15, -0.1) is 0 Å². The van der Waals surface area contributed by atoms with Crippen LogP contribution >= 0.6 is 0 Å². The lowest BCUT2D eigenvalue weighted by atomic mass is 10.2. The fourth-order valence-corrected chi connectivity index (χ4v) is 1.40. The molecule has 0 saturated carbocycles. The lowest BCUT2D eigenvalue weighted by Gasteiger charge is -2.13. The Kier molecular flexibility index (Phi) is 12.4. The molecule has 0 aromatic rings. The molecule has 0 amide bonds. The number of hydrogen-bond donors (Lipinski definition) is 0. The summed E-state index contributed by atoms with van der Waals surface area (Å²) in [6.07, 6.45) is 1.18. The maximum absolute atomic E-state index is 11.3. The molecule has 0 aromatic heterocycles. The number of rotatable bonds is 13. The van der Waals surface area contributed by atoms with Crippen LogP contribution in [0.1, 0.15) is 33.1 Å². The Hall–Kier alpha value is -0.980. The zero-order chi connectivity index (χ0) is 15.2. The van der Waals surface area contributed by atoms with Gasteiger partial charge < -0.3 is 23.7 Å². The van der Waals surface area contributed by atoms with Gasteiger partial charge in [0.05, 0.1) is 32.5 Å². The molecule has 0 N–H and O–H groups in total. The summed E-state index contributed by atoms with van der Waals surface area (Å²) >= 11 is 0. The number of carbonyl (C=O) groups excluding carboxylic acids is 2. The molecular formula is C14H26O6. The van der Waals surface area contributed by atoms with Gasteiger partial charge in [-0.3, -0.25) is 4.79 Å². The van der Waals surface area contributed by atoms with Crippen molar-refractivity contribution in [3.63, 3.8) is 0 Å². The third-order valence-corrected chi connectivity index (χ3v) is 2.44. The highest BCUT2D eigenvalue weighted by Gasteiger charge is 2.05. The van der Waals surface area contributed by atoms with Crippen molar-refractivity contribution in [2.45, 2.75) is 39.2 Å². The van der Waals surface area contributed by atoms with Crippen molar-refractivity contribution in [3.8, 4) is 0 Å². The molecule has 0 heterocycles. The maximum atomic E-state index is 11.3. The molecule has 0 aliphatic carbocycles. The number of hydrogen-bond acceptors (Lipinski definition) is 6. The van der Waals surface area contributed by atoms with Gasteiger partial charge in [-0.25, -0.2) is 0 Å². The standard InChI is InChI=1S/C14H26O6/c1-12(15)5-4-6-14(16)20-10-9-19-13(2)11-18-8-7-17-3/h13H,4-11H2,1-3H3. The predicted octanol–water partition coefficient (Wildman–Crippen LogP) is 1.36. The minimum Gasteiger partial charge on any atom is -0.463 e. The predicted molar refractivity (Wildman–Crippen MR) is 73.6 cm³/mol. The number of methoxy groups -OCH3 is 1. The van der Waals surface area contributed by atoms with E-state index in [0.717, 1.165) is 0 Å². The Morgan fingerprint density at radius 1 is 1.05 bits per heavy atom.